The molecule has 3 nitrogen and oxygen atoms in total. The lowest BCUT2D eigenvalue weighted by molar-refractivity contribution is 0.191. The van der Waals surface area contributed by atoms with Gasteiger partial charge in [-0.05, 0) is 39.0 Å². The minimum atomic E-state index is 0.0379. The zero-order valence-electron chi connectivity index (χ0n) is 11.7. The van der Waals surface area contributed by atoms with E-state index in [0.717, 1.165) is 19.5 Å². The molecule has 1 rings (SSSR count). The molecule has 1 fully saturated rings. The first-order valence-electron chi connectivity index (χ1n) is 6.92. The topological polar surface area (TPSA) is 39.1 Å². The number of hydrogen-bond acceptors (Lipinski definition) is 3. The monoisotopic (exact) mass is 237 g/mol. The predicted octanol–water partition coefficient (Wildman–Crippen LogP) is 2.39. The molecule has 0 spiro atoms. The summed E-state index contributed by atoms with van der Waals surface area (Å²) in [5, 5.41) is 12.5. The molecule has 0 radical (unpaired) electrons. The van der Waals surface area contributed by atoms with Crippen LogP contribution in [0.1, 0.15) is 47.0 Å². The van der Waals surface area contributed by atoms with Crippen LogP contribution < -0.4 is 5.32 Å². The third-order valence-corrected chi connectivity index (χ3v) is 3.21. The van der Waals surface area contributed by atoms with E-state index < -0.39 is 0 Å². The van der Waals surface area contributed by atoms with Crippen molar-refractivity contribution < 1.29 is 0 Å². The Morgan fingerprint density at radius 1 is 1.29 bits per heavy atom. The molecule has 1 aliphatic rings. The molecular weight excluding hydrogens is 210 g/mol. The van der Waals surface area contributed by atoms with Crippen LogP contribution in [-0.2, 0) is 0 Å². The quantitative estimate of drug-likeness (QED) is 0.704. The van der Waals surface area contributed by atoms with E-state index in [1.54, 1.807) is 0 Å². The van der Waals surface area contributed by atoms with Gasteiger partial charge in [0.1, 0.15) is 0 Å². The minimum Gasteiger partial charge on any atom is -0.301 e. The number of hydrogen-bond donors (Lipinski definition) is 1. The highest BCUT2D eigenvalue weighted by molar-refractivity contribution is 4.96. The Labute approximate surface area is 106 Å². The Morgan fingerprint density at radius 3 is 2.35 bits per heavy atom. The fourth-order valence-corrected chi connectivity index (χ4v) is 2.04. The van der Waals surface area contributed by atoms with Crippen molar-refractivity contribution in [3.63, 3.8) is 0 Å². The van der Waals surface area contributed by atoms with Crippen molar-refractivity contribution in [3.8, 4) is 6.07 Å². The van der Waals surface area contributed by atoms with Crippen LogP contribution in [0.5, 0.6) is 0 Å². The van der Waals surface area contributed by atoms with Gasteiger partial charge >= 0.3 is 0 Å². The highest BCUT2D eigenvalue weighted by Gasteiger charge is 2.24. The third-order valence-electron chi connectivity index (χ3n) is 3.21. The molecule has 98 valence electrons. The Kier molecular flexibility index (Phi) is 5.94. The van der Waals surface area contributed by atoms with Crippen LogP contribution in [0.25, 0.3) is 0 Å². The van der Waals surface area contributed by atoms with Gasteiger partial charge in [0.2, 0.25) is 0 Å². The smallest absolute Gasteiger partial charge is 0.0967 e. The number of rotatable bonds is 8. The van der Waals surface area contributed by atoms with Gasteiger partial charge in [0.05, 0.1) is 12.1 Å². The molecule has 0 aromatic carbocycles. The van der Waals surface area contributed by atoms with E-state index in [9.17, 15) is 0 Å². The van der Waals surface area contributed by atoms with Gasteiger partial charge in [0.15, 0.2) is 0 Å². The summed E-state index contributed by atoms with van der Waals surface area (Å²) in [6.07, 6.45) is 3.44. The van der Waals surface area contributed by atoms with E-state index in [2.05, 4.69) is 44.0 Å². The fraction of sp³-hybridized carbons (Fsp3) is 0.929. The van der Waals surface area contributed by atoms with Crippen molar-refractivity contribution in [2.45, 2.75) is 65.1 Å². The molecule has 17 heavy (non-hydrogen) atoms. The molecule has 1 N–H and O–H groups in total. The first-order chi connectivity index (χ1) is 8.02. The molecule has 1 saturated carbocycles. The van der Waals surface area contributed by atoms with Crippen LogP contribution in [-0.4, -0.2) is 36.1 Å². The van der Waals surface area contributed by atoms with Crippen LogP contribution in [0, 0.1) is 17.2 Å². The Bertz CT molecular complexity index is 251. The molecule has 0 aliphatic heterocycles. The standard InChI is InChI=1S/C14H27N3/c1-11(2)10-17(12(3)4)8-7-14(9-15)16-13-5-6-13/h11-14,16H,5-8,10H2,1-4H3. The van der Waals surface area contributed by atoms with Crippen molar-refractivity contribution in [1.82, 2.24) is 10.2 Å². The van der Waals surface area contributed by atoms with E-state index in [4.69, 9.17) is 5.26 Å². The van der Waals surface area contributed by atoms with E-state index >= 15 is 0 Å². The van der Waals surface area contributed by atoms with Crippen molar-refractivity contribution in [3.05, 3.63) is 0 Å². The summed E-state index contributed by atoms with van der Waals surface area (Å²) in [7, 11) is 0. The second-order valence-corrected chi connectivity index (χ2v) is 5.89. The van der Waals surface area contributed by atoms with Crippen LogP contribution in [0.15, 0.2) is 0 Å². The Morgan fingerprint density at radius 2 is 1.94 bits per heavy atom. The molecule has 0 aromatic heterocycles. The summed E-state index contributed by atoms with van der Waals surface area (Å²) < 4.78 is 0. The van der Waals surface area contributed by atoms with Gasteiger partial charge in [-0.1, -0.05) is 13.8 Å². The van der Waals surface area contributed by atoms with Crippen molar-refractivity contribution in [2.24, 2.45) is 5.92 Å². The van der Waals surface area contributed by atoms with Crippen molar-refractivity contribution in [1.29, 1.82) is 5.26 Å². The van der Waals surface area contributed by atoms with Gasteiger partial charge in [0.25, 0.3) is 0 Å². The molecular formula is C14H27N3. The summed E-state index contributed by atoms with van der Waals surface area (Å²) in [5.74, 6) is 0.689. The predicted molar refractivity (Wildman–Crippen MR) is 71.7 cm³/mol. The molecule has 0 bridgehead atoms. The van der Waals surface area contributed by atoms with Gasteiger partial charge < -0.3 is 4.90 Å². The first kappa shape index (κ1) is 14.5. The second kappa shape index (κ2) is 6.98. The summed E-state index contributed by atoms with van der Waals surface area (Å²) in [5.41, 5.74) is 0. The zero-order valence-corrected chi connectivity index (χ0v) is 11.7. The molecule has 0 aromatic rings. The molecule has 1 unspecified atom stereocenters. The van der Waals surface area contributed by atoms with Gasteiger partial charge in [-0.2, -0.15) is 5.26 Å². The van der Waals surface area contributed by atoms with Gasteiger partial charge in [-0.3, -0.25) is 5.32 Å². The van der Waals surface area contributed by atoms with E-state index in [1.807, 2.05) is 0 Å². The maximum Gasteiger partial charge on any atom is 0.0967 e. The highest BCUT2D eigenvalue weighted by Crippen LogP contribution is 2.20. The molecule has 0 saturated heterocycles. The molecule has 0 amide bonds. The lowest BCUT2D eigenvalue weighted by Gasteiger charge is -2.29. The largest absolute Gasteiger partial charge is 0.301 e. The third kappa shape index (κ3) is 6.05. The summed E-state index contributed by atoms with van der Waals surface area (Å²) in [6.45, 7) is 11.1. The lowest BCUT2D eigenvalue weighted by Crippen LogP contribution is -2.39. The SMILES string of the molecule is CC(C)CN(CCC(C#N)NC1CC1)C(C)C. The van der Waals surface area contributed by atoms with Crippen LogP contribution in [0.3, 0.4) is 0 Å². The van der Waals surface area contributed by atoms with Gasteiger partial charge in [0, 0.05) is 25.2 Å². The Hall–Kier alpha value is -0.590. The Balaban J connectivity index is 2.30. The molecule has 1 atom stereocenters. The number of nitrogens with zero attached hydrogens (tertiary/aromatic N) is 2. The maximum absolute atomic E-state index is 9.11. The van der Waals surface area contributed by atoms with Crippen molar-refractivity contribution in [2.75, 3.05) is 13.1 Å². The minimum absolute atomic E-state index is 0.0379. The fourth-order valence-electron chi connectivity index (χ4n) is 2.04. The molecule has 0 heterocycles. The van der Waals surface area contributed by atoms with Crippen LogP contribution in [0.4, 0.5) is 0 Å². The van der Waals surface area contributed by atoms with Gasteiger partial charge in [-0.15, -0.1) is 0 Å². The average molecular weight is 237 g/mol. The van der Waals surface area contributed by atoms with E-state index in [-0.39, 0.29) is 6.04 Å². The maximum atomic E-state index is 9.11. The summed E-state index contributed by atoms with van der Waals surface area (Å²) in [6, 6.07) is 3.61. The number of nitriles is 1. The summed E-state index contributed by atoms with van der Waals surface area (Å²) >= 11 is 0. The van der Waals surface area contributed by atoms with E-state index in [1.165, 1.54) is 12.8 Å². The number of nitrogens with one attached hydrogen (secondary N) is 1. The van der Waals surface area contributed by atoms with Crippen molar-refractivity contribution >= 4 is 0 Å². The van der Waals surface area contributed by atoms with Gasteiger partial charge in [-0.25, -0.2) is 0 Å². The lowest BCUT2D eigenvalue weighted by atomic mass is 10.1. The highest BCUT2D eigenvalue weighted by atomic mass is 15.1. The first-order valence-corrected chi connectivity index (χ1v) is 6.92. The second-order valence-electron chi connectivity index (χ2n) is 5.89. The zero-order chi connectivity index (χ0) is 12.8. The van der Waals surface area contributed by atoms with Crippen LogP contribution in [0.2, 0.25) is 0 Å². The average Bonchev–Trinajstić information content (AvgIpc) is 3.05. The molecule has 3 heteroatoms. The van der Waals surface area contributed by atoms with Crippen LogP contribution >= 0.6 is 0 Å². The molecule has 1 aliphatic carbocycles. The summed E-state index contributed by atoms with van der Waals surface area (Å²) in [4.78, 5) is 2.48. The normalized spacial score (nSPS) is 17.8. The van der Waals surface area contributed by atoms with E-state index in [0.29, 0.717) is 18.0 Å².